The molecule has 0 radical (unpaired) electrons. The Kier molecular flexibility index (Phi) is 5.61. The maximum Gasteiger partial charge on any atom is 0.271 e. The number of carbonyl (C=O) groups excluding carboxylic acids is 2. The average molecular weight is 359 g/mol. The molecular formula is C22H21N3O2. The lowest BCUT2D eigenvalue weighted by Crippen LogP contribution is -2.21. The van der Waals surface area contributed by atoms with Crippen LogP contribution in [0.15, 0.2) is 71.8 Å². The number of fused-ring (bicyclic) bond motifs is 1. The molecule has 2 N–H and O–H groups in total. The molecule has 3 rings (SSSR count). The molecule has 0 saturated carbocycles. The third-order valence-corrected chi connectivity index (χ3v) is 4.13. The second-order valence-corrected chi connectivity index (χ2v) is 6.41. The van der Waals surface area contributed by atoms with E-state index < -0.39 is 0 Å². The predicted octanol–water partition coefficient (Wildman–Crippen LogP) is 4.28. The van der Waals surface area contributed by atoms with E-state index in [1.807, 2.05) is 67.6 Å². The van der Waals surface area contributed by atoms with E-state index in [1.165, 1.54) is 0 Å². The second kappa shape index (κ2) is 8.27. The van der Waals surface area contributed by atoms with Gasteiger partial charge in [0.1, 0.15) is 0 Å². The van der Waals surface area contributed by atoms with Crippen molar-refractivity contribution in [3.8, 4) is 0 Å². The van der Waals surface area contributed by atoms with Crippen molar-refractivity contribution in [3.63, 3.8) is 0 Å². The number of aryl methyl sites for hydroxylation is 1. The minimum atomic E-state index is -0.301. The molecule has 2 amide bonds. The molecule has 136 valence electrons. The molecule has 5 heteroatoms. The summed E-state index contributed by atoms with van der Waals surface area (Å²) in [5.74, 6) is -0.482. The Labute approximate surface area is 158 Å². The van der Waals surface area contributed by atoms with Crippen molar-refractivity contribution in [1.29, 1.82) is 0 Å². The number of hydrogen-bond acceptors (Lipinski definition) is 3. The highest BCUT2D eigenvalue weighted by Crippen LogP contribution is 2.18. The maximum absolute atomic E-state index is 12.5. The highest BCUT2D eigenvalue weighted by Gasteiger charge is 2.10. The van der Waals surface area contributed by atoms with Gasteiger partial charge in [0.05, 0.1) is 6.42 Å². The first-order chi connectivity index (χ1) is 13.0. The summed E-state index contributed by atoms with van der Waals surface area (Å²) in [7, 11) is 0. The number of hydrazone groups is 1. The van der Waals surface area contributed by atoms with Crippen LogP contribution in [0.3, 0.4) is 0 Å². The van der Waals surface area contributed by atoms with Crippen molar-refractivity contribution in [2.45, 2.75) is 20.3 Å². The highest BCUT2D eigenvalue weighted by molar-refractivity contribution is 6.08. The molecule has 0 bridgehead atoms. The van der Waals surface area contributed by atoms with Crippen molar-refractivity contribution in [1.82, 2.24) is 5.43 Å². The van der Waals surface area contributed by atoms with Gasteiger partial charge in [0.15, 0.2) is 0 Å². The topological polar surface area (TPSA) is 70.6 Å². The second-order valence-electron chi connectivity index (χ2n) is 6.41. The Morgan fingerprint density at radius 3 is 2.41 bits per heavy atom. The zero-order valence-corrected chi connectivity index (χ0v) is 15.3. The summed E-state index contributed by atoms with van der Waals surface area (Å²) >= 11 is 0. The molecule has 0 spiro atoms. The Balaban J connectivity index is 1.61. The van der Waals surface area contributed by atoms with E-state index in [9.17, 15) is 9.59 Å². The molecule has 0 aromatic heterocycles. The van der Waals surface area contributed by atoms with Crippen LogP contribution in [0, 0.1) is 6.92 Å². The van der Waals surface area contributed by atoms with E-state index >= 15 is 0 Å². The van der Waals surface area contributed by atoms with Gasteiger partial charge in [-0.3, -0.25) is 9.59 Å². The Morgan fingerprint density at radius 2 is 1.63 bits per heavy atom. The van der Waals surface area contributed by atoms with Crippen molar-refractivity contribution >= 4 is 34.0 Å². The molecule has 0 saturated heterocycles. The molecule has 0 atom stereocenters. The first-order valence-corrected chi connectivity index (χ1v) is 8.71. The number of rotatable bonds is 5. The number of amides is 2. The fourth-order valence-corrected chi connectivity index (χ4v) is 2.74. The first-order valence-electron chi connectivity index (χ1n) is 8.71. The fourth-order valence-electron chi connectivity index (χ4n) is 2.74. The monoisotopic (exact) mass is 359 g/mol. The van der Waals surface area contributed by atoms with Crippen molar-refractivity contribution in [2.24, 2.45) is 5.10 Å². The molecule has 3 aromatic carbocycles. The Hall–Kier alpha value is -3.47. The minimum absolute atomic E-state index is 0.101. The van der Waals surface area contributed by atoms with E-state index in [1.54, 1.807) is 13.0 Å². The highest BCUT2D eigenvalue weighted by atomic mass is 16.2. The summed E-state index contributed by atoms with van der Waals surface area (Å²) in [6.07, 6.45) is 0.101. The number of anilines is 1. The van der Waals surface area contributed by atoms with Gasteiger partial charge < -0.3 is 5.32 Å². The molecular weight excluding hydrogens is 338 g/mol. The van der Waals surface area contributed by atoms with Crippen LogP contribution in [0.5, 0.6) is 0 Å². The molecule has 0 aliphatic heterocycles. The third kappa shape index (κ3) is 4.79. The lowest BCUT2D eigenvalue weighted by molar-refractivity contribution is -0.115. The van der Waals surface area contributed by atoms with Crippen LogP contribution >= 0.6 is 0 Å². The summed E-state index contributed by atoms with van der Waals surface area (Å²) in [4.78, 5) is 24.5. The van der Waals surface area contributed by atoms with Crippen LogP contribution in [0.25, 0.3) is 10.8 Å². The lowest BCUT2D eigenvalue weighted by atomic mass is 10.0. The van der Waals surface area contributed by atoms with Gasteiger partial charge >= 0.3 is 0 Å². The Bertz CT molecular complexity index is 1000. The largest absolute Gasteiger partial charge is 0.326 e. The van der Waals surface area contributed by atoms with Gasteiger partial charge in [-0.15, -0.1) is 0 Å². The first kappa shape index (κ1) is 18.3. The standard InChI is InChI=1S/C22H21N3O2/c1-15-10-12-18(13-11-15)23-21(26)14-16(2)24-25-22(27)20-9-5-7-17-6-3-4-8-19(17)20/h3-13H,14H2,1-2H3,(H,23,26)(H,25,27)/b24-16+. The summed E-state index contributed by atoms with van der Waals surface area (Å²) in [5.41, 5.74) is 5.47. The molecule has 0 aliphatic carbocycles. The van der Waals surface area contributed by atoms with Gasteiger partial charge in [-0.05, 0) is 42.8 Å². The maximum atomic E-state index is 12.5. The van der Waals surface area contributed by atoms with E-state index in [-0.39, 0.29) is 18.2 Å². The molecule has 27 heavy (non-hydrogen) atoms. The molecule has 0 aliphatic rings. The Morgan fingerprint density at radius 1 is 0.926 bits per heavy atom. The quantitative estimate of drug-likeness (QED) is 0.527. The van der Waals surface area contributed by atoms with Gasteiger partial charge in [0.2, 0.25) is 5.91 Å². The predicted molar refractivity (Wildman–Crippen MR) is 109 cm³/mol. The van der Waals surface area contributed by atoms with Crippen molar-refractivity contribution < 1.29 is 9.59 Å². The van der Waals surface area contributed by atoms with Crippen LogP contribution < -0.4 is 10.7 Å². The summed E-state index contributed by atoms with van der Waals surface area (Å²) in [6, 6.07) is 20.8. The zero-order chi connectivity index (χ0) is 19.2. The van der Waals surface area contributed by atoms with Crippen LogP contribution in [-0.2, 0) is 4.79 Å². The molecule has 0 unspecified atom stereocenters. The van der Waals surface area contributed by atoms with E-state index in [0.29, 0.717) is 11.3 Å². The molecule has 5 nitrogen and oxygen atoms in total. The lowest BCUT2D eigenvalue weighted by Gasteiger charge is -2.07. The van der Waals surface area contributed by atoms with Crippen LogP contribution in [0.4, 0.5) is 5.69 Å². The van der Waals surface area contributed by atoms with E-state index in [0.717, 1.165) is 22.0 Å². The van der Waals surface area contributed by atoms with Gasteiger partial charge in [-0.25, -0.2) is 5.43 Å². The van der Waals surface area contributed by atoms with Gasteiger partial charge in [0.25, 0.3) is 5.91 Å². The smallest absolute Gasteiger partial charge is 0.271 e. The van der Waals surface area contributed by atoms with E-state index in [4.69, 9.17) is 0 Å². The molecule has 3 aromatic rings. The van der Waals surface area contributed by atoms with Gasteiger partial charge in [-0.1, -0.05) is 54.1 Å². The van der Waals surface area contributed by atoms with E-state index in [2.05, 4.69) is 15.8 Å². The van der Waals surface area contributed by atoms with Crippen molar-refractivity contribution in [2.75, 3.05) is 5.32 Å². The average Bonchev–Trinajstić information content (AvgIpc) is 2.67. The summed E-state index contributed by atoms with van der Waals surface area (Å²) < 4.78 is 0. The minimum Gasteiger partial charge on any atom is -0.326 e. The zero-order valence-electron chi connectivity index (χ0n) is 15.3. The summed E-state index contributed by atoms with van der Waals surface area (Å²) in [5, 5.41) is 8.72. The number of nitrogens with zero attached hydrogens (tertiary/aromatic N) is 1. The molecule has 0 fully saturated rings. The number of nitrogens with one attached hydrogen (secondary N) is 2. The number of benzene rings is 3. The fraction of sp³-hybridized carbons (Fsp3) is 0.136. The van der Waals surface area contributed by atoms with Gasteiger partial charge in [-0.2, -0.15) is 5.10 Å². The normalized spacial score (nSPS) is 11.3. The number of hydrogen-bond donors (Lipinski definition) is 2. The number of carbonyl (C=O) groups is 2. The van der Waals surface area contributed by atoms with Crippen LogP contribution in [0.1, 0.15) is 29.3 Å². The van der Waals surface area contributed by atoms with Gasteiger partial charge in [0, 0.05) is 17.0 Å². The third-order valence-electron chi connectivity index (χ3n) is 4.13. The molecule has 0 heterocycles. The van der Waals surface area contributed by atoms with Crippen LogP contribution in [0.2, 0.25) is 0 Å². The summed E-state index contributed by atoms with van der Waals surface area (Å²) in [6.45, 7) is 3.69. The van der Waals surface area contributed by atoms with Crippen LogP contribution in [-0.4, -0.2) is 17.5 Å². The SMILES string of the molecule is C/C(CC(=O)Nc1ccc(C)cc1)=N\NC(=O)c1cccc2ccccc12. The van der Waals surface area contributed by atoms with Crippen molar-refractivity contribution in [3.05, 3.63) is 77.9 Å².